The first-order valence-electron chi connectivity index (χ1n) is 11.1. The number of carbonyl (C=O) groups excluding carboxylic acids is 4. The second-order valence-corrected chi connectivity index (χ2v) is 7.74. The number of aromatic nitrogens is 2. The molecule has 4 rings (SSSR count). The Bertz CT molecular complexity index is 1260. The van der Waals surface area contributed by atoms with Crippen LogP contribution in [0.5, 0.6) is 0 Å². The fraction of sp³-hybridized carbons (Fsp3) is 0.240. The molecule has 0 unspecified atom stereocenters. The number of esters is 1. The zero-order chi connectivity index (χ0) is 24.2. The molecule has 9 heteroatoms. The lowest BCUT2D eigenvalue weighted by atomic mass is 10.1. The predicted octanol–water partition coefficient (Wildman–Crippen LogP) is 3.70. The van der Waals surface area contributed by atoms with Crippen molar-refractivity contribution in [3.05, 3.63) is 77.1 Å². The lowest BCUT2D eigenvalue weighted by Gasteiger charge is -2.12. The van der Waals surface area contributed by atoms with Crippen LogP contribution in [0.4, 0.5) is 5.69 Å². The summed E-state index contributed by atoms with van der Waals surface area (Å²) in [5.41, 5.74) is 2.30. The minimum Gasteiger partial charge on any atom is -0.461 e. The van der Waals surface area contributed by atoms with Crippen molar-refractivity contribution in [1.82, 2.24) is 14.7 Å². The van der Waals surface area contributed by atoms with Gasteiger partial charge in [0.15, 0.2) is 5.69 Å². The number of imide groups is 1. The van der Waals surface area contributed by atoms with E-state index in [4.69, 9.17) is 4.74 Å². The van der Waals surface area contributed by atoms with Crippen LogP contribution >= 0.6 is 0 Å². The third-order valence-electron chi connectivity index (χ3n) is 5.43. The van der Waals surface area contributed by atoms with E-state index in [0.29, 0.717) is 23.5 Å². The molecule has 1 aliphatic rings. The molecule has 0 aliphatic carbocycles. The van der Waals surface area contributed by atoms with E-state index in [1.165, 1.54) is 27.8 Å². The van der Waals surface area contributed by atoms with Gasteiger partial charge in [0.25, 0.3) is 17.7 Å². The van der Waals surface area contributed by atoms with Gasteiger partial charge < -0.3 is 10.1 Å². The van der Waals surface area contributed by atoms with Gasteiger partial charge in [-0.05, 0) is 61.9 Å². The highest BCUT2D eigenvalue weighted by atomic mass is 16.5. The Balaban J connectivity index is 1.45. The molecule has 3 aromatic rings. The van der Waals surface area contributed by atoms with Gasteiger partial charge in [-0.15, -0.1) is 0 Å². The van der Waals surface area contributed by atoms with Crippen molar-refractivity contribution in [1.29, 1.82) is 0 Å². The number of ether oxygens (including phenoxy) is 1. The van der Waals surface area contributed by atoms with Crippen LogP contribution in [0.25, 0.3) is 5.69 Å². The fourth-order valence-corrected chi connectivity index (χ4v) is 3.63. The third-order valence-corrected chi connectivity index (χ3v) is 5.43. The molecular formula is C25H24N4O5. The largest absolute Gasteiger partial charge is 0.461 e. The molecule has 0 spiro atoms. The van der Waals surface area contributed by atoms with Gasteiger partial charge in [-0.3, -0.25) is 19.3 Å². The molecule has 1 aromatic heterocycles. The van der Waals surface area contributed by atoms with E-state index in [0.717, 1.165) is 12.8 Å². The number of amides is 3. The number of benzene rings is 2. The number of hydrogen-bond donors (Lipinski definition) is 1. The molecule has 1 N–H and O–H groups in total. The van der Waals surface area contributed by atoms with Crippen molar-refractivity contribution in [3.63, 3.8) is 0 Å². The Labute approximate surface area is 196 Å². The van der Waals surface area contributed by atoms with Gasteiger partial charge in [0.1, 0.15) is 0 Å². The number of anilines is 1. The average molecular weight is 460 g/mol. The summed E-state index contributed by atoms with van der Waals surface area (Å²) in [6, 6.07) is 13.0. The molecule has 0 saturated heterocycles. The third kappa shape index (κ3) is 4.45. The molecule has 0 bridgehead atoms. The Morgan fingerprint density at radius 2 is 1.71 bits per heavy atom. The smallest absolute Gasteiger partial charge is 0.358 e. The first-order valence-corrected chi connectivity index (χ1v) is 11.1. The van der Waals surface area contributed by atoms with Crippen LogP contribution in [-0.2, 0) is 4.74 Å². The highest BCUT2D eigenvalue weighted by Crippen LogP contribution is 2.25. The molecule has 1 aliphatic heterocycles. The minimum atomic E-state index is -0.492. The zero-order valence-electron chi connectivity index (χ0n) is 18.9. The van der Waals surface area contributed by atoms with Crippen LogP contribution in [0.1, 0.15) is 68.3 Å². The van der Waals surface area contributed by atoms with Crippen molar-refractivity contribution >= 4 is 29.4 Å². The van der Waals surface area contributed by atoms with Crippen LogP contribution in [0.3, 0.4) is 0 Å². The molecule has 0 radical (unpaired) electrons. The molecule has 0 atom stereocenters. The van der Waals surface area contributed by atoms with Gasteiger partial charge >= 0.3 is 5.97 Å². The lowest BCUT2D eigenvalue weighted by molar-refractivity contribution is 0.0517. The van der Waals surface area contributed by atoms with Gasteiger partial charge in [-0.25, -0.2) is 9.48 Å². The van der Waals surface area contributed by atoms with E-state index >= 15 is 0 Å². The van der Waals surface area contributed by atoms with Crippen LogP contribution < -0.4 is 5.32 Å². The average Bonchev–Trinajstić information content (AvgIpc) is 3.42. The number of hydrogen-bond acceptors (Lipinski definition) is 6. The van der Waals surface area contributed by atoms with Crippen molar-refractivity contribution < 1.29 is 23.9 Å². The Morgan fingerprint density at radius 1 is 0.971 bits per heavy atom. The Hall–Kier alpha value is -4.27. The zero-order valence-corrected chi connectivity index (χ0v) is 18.9. The molecule has 174 valence electrons. The van der Waals surface area contributed by atoms with Gasteiger partial charge in [-0.2, -0.15) is 5.10 Å². The highest BCUT2D eigenvalue weighted by Gasteiger charge is 2.35. The molecule has 3 amide bonds. The second kappa shape index (κ2) is 9.70. The lowest BCUT2D eigenvalue weighted by Crippen LogP contribution is -2.30. The van der Waals surface area contributed by atoms with Gasteiger partial charge in [0, 0.05) is 24.0 Å². The summed E-state index contributed by atoms with van der Waals surface area (Å²) in [5, 5.41) is 6.99. The maximum absolute atomic E-state index is 12.8. The molecule has 2 heterocycles. The van der Waals surface area contributed by atoms with Crippen molar-refractivity contribution in [2.45, 2.75) is 26.7 Å². The summed E-state index contributed by atoms with van der Waals surface area (Å²) in [5.74, 6) is -1.57. The normalized spacial score (nSPS) is 12.6. The molecular weight excluding hydrogens is 436 g/mol. The minimum absolute atomic E-state index is 0.206. The van der Waals surface area contributed by atoms with Gasteiger partial charge in [0.2, 0.25) is 0 Å². The first-order chi connectivity index (χ1) is 16.4. The van der Waals surface area contributed by atoms with E-state index in [2.05, 4.69) is 10.4 Å². The van der Waals surface area contributed by atoms with Crippen molar-refractivity contribution in [2.24, 2.45) is 0 Å². The van der Waals surface area contributed by atoms with Crippen LogP contribution in [-0.4, -0.2) is 51.5 Å². The summed E-state index contributed by atoms with van der Waals surface area (Å²) < 4.78 is 6.47. The van der Waals surface area contributed by atoms with E-state index < -0.39 is 11.9 Å². The molecule has 0 saturated carbocycles. The monoisotopic (exact) mass is 460 g/mol. The van der Waals surface area contributed by atoms with Crippen LogP contribution in [0, 0.1) is 0 Å². The van der Waals surface area contributed by atoms with Crippen LogP contribution in [0.15, 0.2) is 54.7 Å². The Morgan fingerprint density at radius 3 is 2.41 bits per heavy atom. The first kappa shape index (κ1) is 22.9. The van der Waals surface area contributed by atoms with Crippen molar-refractivity contribution in [2.75, 3.05) is 18.5 Å². The summed E-state index contributed by atoms with van der Waals surface area (Å²) in [6.07, 6.45) is 3.25. The van der Waals surface area contributed by atoms with Gasteiger partial charge in [0.05, 0.1) is 23.4 Å². The highest BCUT2D eigenvalue weighted by molar-refractivity contribution is 6.22. The summed E-state index contributed by atoms with van der Waals surface area (Å²) in [4.78, 5) is 50.9. The quantitative estimate of drug-likeness (QED) is 0.405. The maximum atomic E-state index is 12.8. The predicted molar refractivity (Wildman–Crippen MR) is 124 cm³/mol. The second-order valence-electron chi connectivity index (χ2n) is 7.74. The Kier molecular flexibility index (Phi) is 6.53. The number of nitrogens with one attached hydrogen (secondary N) is 1. The number of nitrogens with zero attached hydrogens (tertiary/aromatic N) is 3. The van der Waals surface area contributed by atoms with Crippen LogP contribution in [0.2, 0.25) is 0 Å². The maximum Gasteiger partial charge on any atom is 0.358 e. The number of rotatable bonds is 8. The van der Waals surface area contributed by atoms with E-state index in [9.17, 15) is 19.2 Å². The number of fused-ring (bicyclic) bond motifs is 1. The molecule has 2 aromatic carbocycles. The molecule has 34 heavy (non-hydrogen) atoms. The van der Waals surface area contributed by atoms with E-state index in [-0.39, 0.29) is 35.2 Å². The molecule has 9 nitrogen and oxygen atoms in total. The summed E-state index contributed by atoms with van der Waals surface area (Å²) >= 11 is 0. The summed E-state index contributed by atoms with van der Waals surface area (Å²) in [7, 11) is 0. The molecule has 0 fully saturated rings. The number of unbranched alkanes of at least 4 members (excludes halogenated alkanes) is 1. The summed E-state index contributed by atoms with van der Waals surface area (Å²) in [6.45, 7) is 4.35. The standard InChI is InChI=1S/C25H24N4O5/c1-3-5-13-28-23(31)19-11-6-16(15-20(19)24(28)32)22(30)26-17-7-9-18(10-8-17)29-14-12-21(27-29)25(33)34-4-2/h6-12,14-15H,3-5,13H2,1-2H3,(H,26,30). The SMILES string of the molecule is CCCCN1C(=O)c2ccc(C(=O)Nc3ccc(-n4ccc(C(=O)OCC)n4)cc3)cc2C1=O. The van der Waals surface area contributed by atoms with Gasteiger partial charge in [-0.1, -0.05) is 13.3 Å². The topological polar surface area (TPSA) is 111 Å². The van der Waals surface area contributed by atoms with E-state index in [1.807, 2.05) is 6.92 Å². The fourth-order valence-electron chi connectivity index (χ4n) is 3.63. The van der Waals surface area contributed by atoms with Crippen molar-refractivity contribution in [3.8, 4) is 5.69 Å². The van der Waals surface area contributed by atoms with E-state index in [1.54, 1.807) is 43.5 Å². The number of carbonyl (C=O) groups is 4.